The highest BCUT2D eigenvalue weighted by Crippen LogP contribution is 2.22. The van der Waals surface area contributed by atoms with Gasteiger partial charge in [-0.2, -0.15) is 25.3 Å². The molecule has 0 aliphatic heterocycles. The van der Waals surface area contributed by atoms with Crippen molar-refractivity contribution in [2.24, 2.45) is 5.10 Å². The molecule has 36 heavy (non-hydrogen) atoms. The summed E-state index contributed by atoms with van der Waals surface area (Å²) in [7, 11) is -4.02. The number of carbonyl (C=O) groups is 2. The lowest BCUT2D eigenvalue weighted by molar-refractivity contribution is 0.0956. The van der Waals surface area contributed by atoms with Crippen LogP contribution >= 0.6 is 23.4 Å². The number of hydrazone groups is 1. The van der Waals surface area contributed by atoms with Crippen molar-refractivity contribution >= 4 is 57.2 Å². The van der Waals surface area contributed by atoms with E-state index in [4.69, 9.17) is 16.2 Å². The fourth-order valence-electron chi connectivity index (χ4n) is 2.98. The van der Waals surface area contributed by atoms with Gasteiger partial charge >= 0.3 is 0 Å². The van der Waals surface area contributed by atoms with Crippen molar-refractivity contribution in [3.63, 3.8) is 0 Å². The number of nitrogens with zero attached hydrogens (tertiary/aromatic N) is 1. The maximum absolute atomic E-state index is 13.3. The maximum atomic E-state index is 13.3. The van der Waals surface area contributed by atoms with E-state index in [1.165, 1.54) is 54.4 Å². The maximum Gasteiger partial charge on any atom is 0.273 e. The first kappa shape index (κ1) is 27.3. The van der Waals surface area contributed by atoms with E-state index in [9.17, 15) is 22.4 Å². The molecule has 0 fully saturated rings. The largest absolute Gasteiger partial charge is 0.321 e. The van der Waals surface area contributed by atoms with Crippen LogP contribution in [-0.2, 0) is 15.9 Å². The summed E-state index contributed by atoms with van der Waals surface area (Å²) < 4.78 is 43.7. The summed E-state index contributed by atoms with van der Waals surface area (Å²) in [6.07, 6.45) is 1.28. The SMILES string of the molecule is O=C(Nc1ccc(Cl)cc1C(=O)N/N=C/c1cccc(F)c1)c1cccc(CSCCS(=O)(=O)O)c1. The van der Waals surface area contributed by atoms with Gasteiger partial charge in [0.15, 0.2) is 0 Å². The van der Waals surface area contributed by atoms with Crippen LogP contribution < -0.4 is 10.7 Å². The standard InChI is InChI=1S/C24H21ClFN3O5S2/c25-19-7-8-22(21(13-19)24(31)29-27-14-16-3-2-6-20(26)12-16)28-23(30)18-5-1-4-17(11-18)15-35-9-10-36(32,33)34/h1-8,11-14H,9-10,15H2,(H,28,30)(H,29,31)(H,32,33,34)/b27-14+. The van der Waals surface area contributed by atoms with Crippen molar-refractivity contribution in [3.05, 3.63) is 99.8 Å². The zero-order valence-electron chi connectivity index (χ0n) is 18.6. The summed E-state index contributed by atoms with van der Waals surface area (Å²) in [5, 5.41) is 6.79. The number of rotatable bonds is 10. The molecule has 0 heterocycles. The van der Waals surface area contributed by atoms with E-state index in [0.717, 1.165) is 5.56 Å². The molecular weight excluding hydrogens is 529 g/mol. The molecule has 0 aliphatic rings. The molecule has 3 aromatic rings. The number of carbonyl (C=O) groups excluding carboxylic acids is 2. The second kappa shape index (κ2) is 12.6. The fraction of sp³-hybridized carbons (Fsp3) is 0.125. The predicted molar refractivity (Wildman–Crippen MR) is 140 cm³/mol. The molecule has 8 nitrogen and oxygen atoms in total. The number of amides is 2. The third kappa shape index (κ3) is 8.76. The summed E-state index contributed by atoms with van der Waals surface area (Å²) in [6.45, 7) is 0. The van der Waals surface area contributed by atoms with E-state index < -0.39 is 27.7 Å². The molecule has 0 saturated carbocycles. The summed E-state index contributed by atoms with van der Waals surface area (Å²) in [5.74, 6) is -1.25. The van der Waals surface area contributed by atoms with E-state index in [1.54, 1.807) is 30.3 Å². The summed E-state index contributed by atoms with van der Waals surface area (Å²) >= 11 is 7.34. The van der Waals surface area contributed by atoms with Gasteiger partial charge in [0.25, 0.3) is 21.9 Å². The third-order valence-corrected chi connectivity index (χ3v) is 6.89. The van der Waals surface area contributed by atoms with Crippen LogP contribution in [-0.4, -0.2) is 42.5 Å². The summed E-state index contributed by atoms with van der Waals surface area (Å²) in [5.41, 5.74) is 4.17. The summed E-state index contributed by atoms with van der Waals surface area (Å²) in [4.78, 5) is 25.6. The Hall–Kier alpha value is -3.25. The first-order valence-electron chi connectivity index (χ1n) is 10.4. The van der Waals surface area contributed by atoms with Crippen LogP contribution in [0.4, 0.5) is 10.1 Å². The van der Waals surface area contributed by atoms with Crippen LogP contribution in [0.3, 0.4) is 0 Å². The minimum atomic E-state index is -4.02. The smallest absolute Gasteiger partial charge is 0.273 e. The Balaban J connectivity index is 1.67. The van der Waals surface area contributed by atoms with Gasteiger partial charge in [0.05, 0.1) is 23.2 Å². The number of halogens is 2. The normalized spacial score (nSPS) is 11.4. The highest BCUT2D eigenvalue weighted by Gasteiger charge is 2.15. The van der Waals surface area contributed by atoms with Crippen molar-refractivity contribution in [2.45, 2.75) is 5.75 Å². The lowest BCUT2D eigenvalue weighted by Gasteiger charge is -2.11. The highest BCUT2D eigenvalue weighted by molar-refractivity contribution is 7.99. The lowest BCUT2D eigenvalue weighted by atomic mass is 10.1. The van der Waals surface area contributed by atoms with E-state index in [0.29, 0.717) is 16.9 Å². The van der Waals surface area contributed by atoms with Crippen molar-refractivity contribution in [3.8, 4) is 0 Å². The molecule has 0 aromatic heterocycles. The van der Waals surface area contributed by atoms with Crippen LogP contribution in [0, 0.1) is 5.82 Å². The van der Waals surface area contributed by atoms with Gasteiger partial charge in [0.1, 0.15) is 5.82 Å². The van der Waals surface area contributed by atoms with Gasteiger partial charge in [-0.1, -0.05) is 35.9 Å². The minimum Gasteiger partial charge on any atom is -0.321 e. The zero-order valence-corrected chi connectivity index (χ0v) is 21.0. The lowest BCUT2D eigenvalue weighted by Crippen LogP contribution is -2.21. The Morgan fingerprint density at radius 3 is 2.58 bits per heavy atom. The van der Waals surface area contributed by atoms with Gasteiger partial charge in [-0.05, 0) is 53.6 Å². The van der Waals surface area contributed by atoms with Crippen molar-refractivity contribution in [1.29, 1.82) is 0 Å². The Kier molecular flexibility index (Phi) is 9.59. The van der Waals surface area contributed by atoms with Crippen LogP contribution in [0.15, 0.2) is 71.8 Å². The van der Waals surface area contributed by atoms with Crippen LogP contribution in [0.25, 0.3) is 0 Å². The quantitative estimate of drug-likeness (QED) is 0.147. The number of anilines is 1. The van der Waals surface area contributed by atoms with Crippen molar-refractivity contribution < 1.29 is 27.0 Å². The first-order chi connectivity index (χ1) is 17.1. The van der Waals surface area contributed by atoms with Gasteiger partial charge in [0, 0.05) is 22.1 Å². The van der Waals surface area contributed by atoms with Crippen LogP contribution in [0.2, 0.25) is 5.02 Å². The molecule has 0 aliphatic carbocycles. The van der Waals surface area contributed by atoms with E-state index in [-0.39, 0.29) is 27.8 Å². The monoisotopic (exact) mass is 549 g/mol. The Morgan fingerprint density at radius 2 is 1.83 bits per heavy atom. The second-order valence-electron chi connectivity index (χ2n) is 7.44. The number of hydrogen-bond donors (Lipinski definition) is 3. The molecule has 3 N–H and O–H groups in total. The van der Waals surface area contributed by atoms with Gasteiger partial charge in [-0.3, -0.25) is 14.1 Å². The summed E-state index contributed by atoms with van der Waals surface area (Å²) in [6, 6.07) is 16.8. The zero-order chi connectivity index (χ0) is 26.1. The average molecular weight is 550 g/mol. The molecule has 0 atom stereocenters. The Morgan fingerprint density at radius 1 is 1.06 bits per heavy atom. The van der Waals surface area contributed by atoms with Crippen LogP contribution in [0.5, 0.6) is 0 Å². The van der Waals surface area contributed by atoms with Gasteiger partial charge < -0.3 is 5.32 Å². The van der Waals surface area contributed by atoms with E-state index in [2.05, 4.69) is 15.8 Å². The number of hydrogen-bond acceptors (Lipinski definition) is 6. The van der Waals surface area contributed by atoms with Crippen molar-refractivity contribution in [1.82, 2.24) is 5.43 Å². The van der Waals surface area contributed by atoms with Crippen LogP contribution in [0.1, 0.15) is 31.8 Å². The average Bonchev–Trinajstić information content (AvgIpc) is 2.82. The molecule has 0 radical (unpaired) electrons. The van der Waals surface area contributed by atoms with E-state index >= 15 is 0 Å². The molecule has 0 unspecified atom stereocenters. The first-order valence-corrected chi connectivity index (χ1v) is 13.6. The molecule has 188 valence electrons. The Labute approximate surface area is 216 Å². The second-order valence-corrected chi connectivity index (χ2v) is 10.6. The predicted octanol–water partition coefficient (Wildman–Crippen LogP) is 4.62. The van der Waals surface area contributed by atoms with Gasteiger partial charge in [-0.15, -0.1) is 0 Å². The van der Waals surface area contributed by atoms with E-state index in [1.807, 2.05) is 0 Å². The third-order valence-electron chi connectivity index (χ3n) is 4.65. The topological polar surface area (TPSA) is 125 Å². The molecule has 2 amide bonds. The highest BCUT2D eigenvalue weighted by atomic mass is 35.5. The molecule has 0 bridgehead atoms. The number of nitrogens with one attached hydrogen (secondary N) is 2. The van der Waals surface area contributed by atoms with Gasteiger partial charge in [0.2, 0.25) is 0 Å². The molecule has 12 heteroatoms. The van der Waals surface area contributed by atoms with Crippen molar-refractivity contribution in [2.75, 3.05) is 16.8 Å². The number of benzene rings is 3. The molecule has 0 saturated heterocycles. The number of thioether (sulfide) groups is 1. The Bertz CT molecular complexity index is 1400. The molecule has 3 aromatic carbocycles. The molecular formula is C24H21ClFN3O5S2. The van der Waals surface area contributed by atoms with Gasteiger partial charge in [-0.25, -0.2) is 9.82 Å². The molecule has 3 rings (SSSR count). The molecule has 0 spiro atoms. The minimum absolute atomic E-state index is 0.0733. The fourth-order valence-corrected chi connectivity index (χ4v) is 5.02.